The number of rotatable bonds is 4. The molecule has 80 valence electrons. The molecule has 0 fully saturated rings. The first-order chi connectivity index (χ1) is 7.15. The molecule has 0 aromatic heterocycles. The maximum absolute atomic E-state index is 11.2. The van der Waals surface area contributed by atoms with E-state index in [4.69, 9.17) is 10.5 Å². The lowest BCUT2D eigenvalue weighted by Crippen LogP contribution is -2.17. The van der Waals surface area contributed by atoms with E-state index in [1.807, 2.05) is 0 Å². The van der Waals surface area contributed by atoms with Gasteiger partial charge in [-0.3, -0.25) is 9.59 Å². The average Bonchev–Trinajstić information content (AvgIpc) is 2.26. The van der Waals surface area contributed by atoms with Crippen molar-refractivity contribution in [1.29, 1.82) is 0 Å². The highest BCUT2D eigenvalue weighted by Gasteiger charge is 2.07. The van der Waals surface area contributed by atoms with E-state index in [0.717, 1.165) is 0 Å². The highest BCUT2D eigenvalue weighted by atomic mass is 16.5. The molecule has 2 N–H and O–H groups in total. The molecule has 1 aromatic rings. The van der Waals surface area contributed by atoms with Gasteiger partial charge in [0.2, 0.25) is 0 Å². The van der Waals surface area contributed by atoms with Crippen molar-refractivity contribution in [3.63, 3.8) is 0 Å². The van der Waals surface area contributed by atoms with Gasteiger partial charge < -0.3 is 10.5 Å². The molecule has 0 unspecified atom stereocenters. The lowest BCUT2D eigenvalue weighted by atomic mass is 10.1. The highest BCUT2D eigenvalue weighted by Crippen LogP contribution is 2.10. The second-order valence-corrected chi connectivity index (χ2v) is 3.08. The van der Waals surface area contributed by atoms with Gasteiger partial charge in [0.05, 0.1) is 6.54 Å². The molecule has 0 aliphatic rings. The van der Waals surface area contributed by atoms with Crippen LogP contribution in [0.3, 0.4) is 0 Å². The molecule has 4 nitrogen and oxygen atoms in total. The minimum absolute atomic E-state index is 0.0469. The molecule has 0 saturated carbocycles. The number of esters is 1. The summed E-state index contributed by atoms with van der Waals surface area (Å²) in [5, 5.41) is 0. The Morgan fingerprint density at radius 1 is 1.33 bits per heavy atom. The van der Waals surface area contributed by atoms with Crippen molar-refractivity contribution in [3.8, 4) is 0 Å². The lowest BCUT2D eigenvalue weighted by Gasteiger charge is -2.06. The first-order valence-electron chi connectivity index (χ1n) is 4.59. The summed E-state index contributed by atoms with van der Waals surface area (Å²) in [6.07, 6.45) is 0. The van der Waals surface area contributed by atoms with Crippen LogP contribution in [0.1, 0.15) is 22.8 Å². The van der Waals surface area contributed by atoms with Crippen LogP contribution in [0.15, 0.2) is 24.3 Å². The molecule has 15 heavy (non-hydrogen) atoms. The fourth-order valence-electron chi connectivity index (χ4n) is 1.21. The summed E-state index contributed by atoms with van der Waals surface area (Å²) >= 11 is 0. The van der Waals surface area contributed by atoms with E-state index >= 15 is 0 Å². The zero-order chi connectivity index (χ0) is 11.3. The zero-order valence-electron chi connectivity index (χ0n) is 8.53. The van der Waals surface area contributed by atoms with Gasteiger partial charge in [-0.1, -0.05) is 24.3 Å². The molecule has 0 bridgehead atoms. The zero-order valence-corrected chi connectivity index (χ0v) is 8.53. The Balaban J connectivity index is 2.76. The standard InChI is InChI=1S/C11H13NO3/c1-8(13)10-5-3-2-4-9(10)7-15-11(14)6-12/h2-5H,6-7,12H2,1H3. The molecule has 0 aliphatic carbocycles. The summed E-state index contributed by atoms with van der Waals surface area (Å²) in [6.45, 7) is 1.41. The Bertz CT molecular complexity index is 374. The lowest BCUT2D eigenvalue weighted by molar-refractivity contribution is -0.143. The minimum atomic E-state index is -0.478. The van der Waals surface area contributed by atoms with Crippen LogP contribution in [-0.4, -0.2) is 18.3 Å². The summed E-state index contributed by atoms with van der Waals surface area (Å²) in [6, 6.07) is 7.01. The Morgan fingerprint density at radius 2 is 2.00 bits per heavy atom. The number of hydrogen-bond donors (Lipinski definition) is 1. The van der Waals surface area contributed by atoms with Crippen LogP contribution >= 0.6 is 0 Å². The van der Waals surface area contributed by atoms with Crippen LogP contribution in [0, 0.1) is 0 Å². The van der Waals surface area contributed by atoms with Gasteiger partial charge in [-0.05, 0) is 6.92 Å². The maximum Gasteiger partial charge on any atom is 0.320 e. The predicted molar refractivity (Wildman–Crippen MR) is 55.3 cm³/mol. The van der Waals surface area contributed by atoms with Gasteiger partial charge in [-0.25, -0.2) is 0 Å². The number of carbonyl (C=O) groups excluding carboxylic acids is 2. The summed E-state index contributed by atoms with van der Waals surface area (Å²) < 4.78 is 4.85. The third-order valence-corrected chi connectivity index (χ3v) is 1.95. The van der Waals surface area contributed by atoms with E-state index in [9.17, 15) is 9.59 Å². The molecule has 0 aliphatic heterocycles. The molecular weight excluding hydrogens is 194 g/mol. The van der Waals surface area contributed by atoms with Crippen LogP contribution in [0.5, 0.6) is 0 Å². The summed E-state index contributed by atoms with van der Waals surface area (Å²) in [5.74, 6) is -0.525. The van der Waals surface area contributed by atoms with Gasteiger partial charge in [0, 0.05) is 11.1 Å². The molecule has 0 spiro atoms. The van der Waals surface area contributed by atoms with E-state index in [-0.39, 0.29) is 18.9 Å². The summed E-state index contributed by atoms with van der Waals surface area (Å²) in [4.78, 5) is 22.0. The third kappa shape index (κ3) is 3.18. The van der Waals surface area contributed by atoms with Gasteiger partial charge in [-0.2, -0.15) is 0 Å². The number of nitrogens with two attached hydrogens (primary N) is 1. The van der Waals surface area contributed by atoms with Crippen LogP contribution in [0.4, 0.5) is 0 Å². The molecule has 0 radical (unpaired) electrons. The smallest absolute Gasteiger partial charge is 0.320 e. The molecular formula is C11H13NO3. The molecule has 1 rings (SSSR count). The van der Waals surface area contributed by atoms with Crippen LogP contribution in [0.2, 0.25) is 0 Å². The van der Waals surface area contributed by atoms with Crippen molar-refractivity contribution in [1.82, 2.24) is 0 Å². The van der Waals surface area contributed by atoms with Crippen molar-refractivity contribution in [2.24, 2.45) is 5.73 Å². The fourth-order valence-corrected chi connectivity index (χ4v) is 1.21. The van der Waals surface area contributed by atoms with Crippen molar-refractivity contribution in [3.05, 3.63) is 35.4 Å². The third-order valence-electron chi connectivity index (χ3n) is 1.95. The number of ketones is 1. The van der Waals surface area contributed by atoms with Crippen molar-refractivity contribution in [2.75, 3.05) is 6.54 Å². The average molecular weight is 207 g/mol. The Hall–Kier alpha value is -1.68. The number of ether oxygens (including phenoxy) is 1. The number of Topliss-reactive ketones (excluding diaryl/α,β-unsaturated/α-hetero) is 1. The number of benzene rings is 1. The minimum Gasteiger partial charge on any atom is -0.460 e. The Kier molecular flexibility index (Phi) is 4.00. The Labute approximate surface area is 88.0 Å². The molecule has 0 amide bonds. The topological polar surface area (TPSA) is 69.4 Å². The van der Waals surface area contributed by atoms with Gasteiger partial charge in [-0.15, -0.1) is 0 Å². The quantitative estimate of drug-likeness (QED) is 0.588. The second kappa shape index (κ2) is 5.26. The highest BCUT2D eigenvalue weighted by molar-refractivity contribution is 5.95. The van der Waals surface area contributed by atoms with Crippen LogP contribution in [0.25, 0.3) is 0 Å². The molecule has 1 aromatic carbocycles. The van der Waals surface area contributed by atoms with Gasteiger partial charge >= 0.3 is 5.97 Å². The first kappa shape index (κ1) is 11.4. The normalized spacial score (nSPS) is 9.73. The van der Waals surface area contributed by atoms with E-state index in [2.05, 4.69) is 0 Å². The number of hydrogen-bond acceptors (Lipinski definition) is 4. The maximum atomic E-state index is 11.2. The second-order valence-electron chi connectivity index (χ2n) is 3.08. The van der Waals surface area contributed by atoms with Crippen molar-refractivity contribution in [2.45, 2.75) is 13.5 Å². The fraction of sp³-hybridized carbons (Fsp3) is 0.273. The van der Waals surface area contributed by atoms with E-state index in [1.54, 1.807) is 24.3 Å². The molecule has 4 heteroatoms. The van der Waals surface area contributed by atoms with E-state index in [0.29, 0.717) is 11.1 Å². The van der Waals surface area contributed by atoms with Gasteiger partial charge in [0.1, 0.15) is 6.61 Å². The van der Waals surface area contributed by atoms with E-state index in [1.165, 1.54) is 6.92 Å². The van der Waals surface area contributed by atoms with Crippen molar-refractivity contribution >= 4 is 11.8 Å². The van der Waals surface area contributed by atoms with E-state index < -0.39 is 5.97 Å². The SMILES string of the molecule is CC(=O)c1ccccc1COC(=O)CN. The summed E-state index contributed by atoms with van der Waals surface area (Å²) in [7, 11) is 0. The molecule has 0 atom stereocenters. The summed E-state index contributed by atoms with van der Waals surface area (Å²) in [5.41, 5.74) is 6.36. The van der Waals surface area contributed by atoms with Crippen LogP contribution < -0.4 is 5.73 Å². The van der Waals surface area contributed by atoms with Crippen LogP contribution in [-0.2, 0) is 16.1 Å². The first-order valence-corrected chi connectivity index (χ1v) is 4.59. The van der Waals surface area contributed by atoms with Gasteiger partial charge in [0.15, 0.2) is 5.78 Å². The monoisotopic (exact) mass is 207 g/mol. The Morgan fingerprint density at radius 3 is 2.60 bits per heavy atom. The predicted octanol–water partition coefficient (Wildman–Crippen LogP) is 0.891. The molecule has 0 heterocycles. The molecule has 0 saturated heterocycles. The largest absolute Gasteiger partial charge is 0.460 e. The van der Waals surface area contributed by atoms with Gasteiger partial charge in [0.25, 0.3) is 0 Å². The number of carbonyl (C=O) groups is 2. The van der Waals surface area contributed by atoms with Crippen molar-refractivity contribution < 1.29 is 14.3 Å².